The Balaban J connectivity index is 3.14. The predicted octanol–water partition coefficient (Wildman–Crippen LogP) is 1.14. The molecule has 0 aliphatic heterocycles. The van der Waals surface area contributed by atoms with E-state index in [4.69, 9.17) is 5.11 Å². The summed E-state index contributed by atoms with van der Waals surface area (Å²) in [5, 5.41) is 8.76. The van der Waals surface area contributed by atoms with Gasteiger partial charge in [-0.1, -0.05) is 18.2 Å². The molecule has 1 aromatic carbocycles. The van der Waals surface area contributed by atoms with Gasteiger partial charge in [0.25, 0.3) is 0 Å². The predicted molar refractivity (Wildman–Crippen MR) is 65.1 cm³/mol. The Morgan fingerprint density at radius 2 is 1.94 bits per heavy atom. The van der Waals surface area contributed by atoms with Crippen molar-refractivity contribution in [1.29, 1.82) is 0 Å². The third-order valence-corrected chi connectivity index (χ3v) is 4.18. The molecule has 90 valence electrons. The second-order valence-electron chi connectivity index (χ2n) is 3.49. The number of rotatable bonds is 5. The number of nitrogens with zero attached hydrogens (tertiary/aromatic N) is 1. The Labute approximate surface area is 96.6 Å². The Bertz CT molecular complexity index is 442. The van der Waals surface area contributed by atoms with E-state index in [0.717, 1.165) is 5.56 Å². The van der Waals surface area contributed by atoms with Crippen LogP contribution in [0.15, 0.2) is 24.3 Å². The summed E-state index contributed by atoms with van der Waals surface area (Å²) < 4.78 is 25.1. The quantitative estimate of drug-likeness (QED) is 0.843. The summed E-state index contributed by atoms with van der Waals surface area (Å²) in [5.41, 5.74) is 1.59. The molecule has 0 spiro atoms. The van der Waals surface area contributed by atoms with Gasteiger partial charge in [-0.2, -0.15) is 0 Å². The van der Waals surface area contributed by atoms with Gasteiger partial charge in [-0.3, -0.25) is 4.31 Å². The largest absolute Gasteiger partial charge is 0.395 e. The molecule has 0 aromatic heterocycles. The summed E-state index contributed by atoms with van der Waals surface area (Å²) in [6.45, 7) is 3.66. The number of sulfonamides is 1. The first-order valence-corrected chi connectivity index (χ1v) is 6.80. The number of aliphatic hydroxyl groups is 1. The maximum absolute atomic E-state index is 11.9. The summed E-state index contributed by atoms with van der Waals surface area (Å²) >= 11 is 0. The fraction of sp³-hybridized carbons (Fsp3) is 0.455. The first kappa shape index (κ1) is 13.0. The van der Waals surface area contributed by atoms with Crippen molar-refractivity contribution in [2.45, 2.75) is 13.8 Å². The van der Waals surface area contributed by atoms with Crippen LogP contribution in [0.4, 0.5) is 5.69 Å². The summed E-state index contributed by atoms with van der Waals surface area (Å²) in [6.07, 6.45) is 0. The number of hydrogen-bond acceptors (Lipinski definition) is 3. The molecule has 4 nitrogen and oxygen atoms in total. The highest BCUT2D eigenvalue weighted by Crippen LogP contribution is 2.22. The third kappa shape index (κ3) is 2.74. The van der Waals surface area contributed by atoms with Crippen LogP contribution in [0.1, 0.15) is 12.5 Å². The molecule has 1 rings (SSSR count). The van der Waals surface area contributed by atoms with Gasteiger partial charge in [-0.05, 0) is 25.5 Å². The minimum absolute atomic E-state index is 0.241. The maximum atomic E-state index is 11.9. The van der Waals surface area contributed by atoms with E-state index < -0.39 is 10.0 Å². The molecule has 0 saturated carbocycles. The van der Waals surface area contributed by atoms with Crippen molar-refractivity contribution in [3.8, 4) is 0 Å². The normalized spacial score (nSPS) is 11.4. The molecule has 0 amide bonds. The fourth-order valence-electron chi connectivity index (χ4n) is 1.59. The van der Waals surface area contributed by atoms with Crippen LogP contribution in [0.25, 0.3) is 0 Å². The number of anilines is 1. The molecule has 0 radical (unpaired) electrons. The van der Waals surface area contributed by atoms with Gasteiger partial charge in [0.05, 0.1) is 18.0 Å². The number of benzene rings is 1. The van der Waals surface area contributed by atoms with E-state index >= 15 is 0 Å². The smallest absolute Gasteiger partial charge is 0.237 e. The van der Waals surface area contributed by atoms with E-state index in [1.807, 2.05) is 19.1 Å². The van der Waals surface area contributed by atoms with Crippen molar-refractivity contribution in [2.75, 3.05) is 23.2 Å². The molecule has 1 aromatic rings. The molecule has 0 saturated heterocycles. The van der Waals surface area contributed by atoms with Gasteiger partial charge in [-0.25, -0.2) is 8.42 Å². The van der Waals surface area contributed by atoms with Gasteiger partial charge >= 0.3 is 0 Å². The van der Waals surface area contributed by atoms with Crippen LogP contribution in [-0.2, 0) is 10.0 Å². The number of aryl methyl sites for hydroxylation is 1. The summed E-state index contributed by atoms with van der Waals surface area (Å²) in [5.74, 6) is -0.241. The van der Waals surface area contributed by atoms with E-state index in [-0.39, 0.29) is 12.4 Å². The van der Waals surface area contributed by atoms with E-state index in [1.165, 1.54) is 4.31 Å². The lowest BCUT2D eigenvalue weighted by Gasteiger charge is -2.24. The van der Waals surface area contributed by atoms with Gasteiger partial charge < -0.3 is 5.11 Å². The van der Waals surface area contributed by atoms with Crippen LogP contribution in [0.3, 0.4) is 0 Å². The highest BCUT2D eigenvalue weighted by molar-refractivity contribution is 7.92. The zero-order valence-corrected chi connectivity index (χ0v) is 10.4. The van der Waals surface area contributed by atoms with Crippen LogP contribution < -0.4 is 4.31 Å². The lowest BCUT2D eigenvalue weighted by Crippen LogP contribution is -2.34. The standard InChI is InChI=1S/C11H17NO3S/c1-3-12(16(14,15)9-8-13)11-7-5-4-6-10(11)2/h4-7,13H,3,8-9H2,1-2H3. The second-order valence-corrected chi connectivity index (χ2v) is 5.50. The monoisotopic (exact) mass is 243 g/mol. The van der Waals surface area contributed by atoms with Crippen molar-refractivity contribution >= 4 is 15.7 Å². The molecule has 16 heavy (non-hydrogen) atoms. The summed E-state index contributed by atoms with van der Waals surface area (Å²) in [7, 11) is -3.41. The van der Waals surface area contributed by atoms with E-state index in [0.29, 0.717) is 12.2 Å². The SMILES string of the molecule is CCN(c1ccccc1C)S(=O)(=O)CCO. The van der Waals surface area contributed by atoms with Crippen LogP contribution in [0.2, 0.25) is 0 Å². The minimum Gasteiger partial charge on any atom is -0.395 e. The Kier molecular flexibility index (Phi) is 4.32. The molecule has 0 bridgehead atoms. The number of para-hydroxylation sites is 1. The average Bonchev–Trinajstić information content (AvgIpc) is 2.21. The van der Waals surface area contributed by atoms with Crippen LogP contribution >= 0.6 is 0 Å². The van der Waals surface area contributed by atoms with Crippen molar-refractivity contribution in [1.82, 2.24) is 0 Å². The highest BCUT2D eigenvalue weighted by Gasteiger charge is 2.21. The Morgan fingerprint density at radius 3 is 2.44 bits per heavy atom. The molecule has 0 unspecified atom stereocenters. The molecule has 0 aliphatic rings. The zero-order valence-electron chi connectivity index (χ0n) is 9.55. The van der Waals surface area contributed by atoms with Crippen LogP contribution in [0.5, 0.6) is 0 Å². The van der Waals surface area contributed by atoms with Crippen molar-refractivity contribution in [3.63, 3.8) is 0 Å². The van der Waals surface area contributed by atoms with E-state index in [9.17, 15) is 8.42 Å². The Hall–Kier alpha value is -1.07. The number of hydrogen-bond donors (Lipinski definition) is 1. The van der Waals surface area contributed by atoms with Gasteiger partial charge in [0.1, 0.15) is 0 Å². The van der Waals surface area contributed by atoms with Crippen molar-refractivity contribution < 1.29 is 13.5 Å². The summed E-state index contributed by atoms with van der Waals surface area (Å²) in [6, 6.07) is 7.31. The highest BCUT2D eigenvalue weighted by atomic mass is 32.2. The Morgan fingerprint density at radius 1 is 1.31 bits per heavy atom. The fourth-order valence-corrected chi connectivity index (χ4v) is 2.93. The lowest BCUT2D eigenvalue weighted by atomic mass is 10.2. The number of aliphatic hydroxyl groups excluding tert-OH is 1. The van der Waals surface area contributed by atoms with Gasteiger partial charge in [0, 0.05) is 6.54 Å². The second kappa shape index (κ2) is 5.32. The van der Waals surface area contributed by atoms with E-state index in [1.54, 1.807) is 19.1 Å². The van der Waals surface area contributed by atoms with Crippen molar-refractivity contribution in [3.05, 3.63) is 29.8 Å². The van der Waals surface area contributed by atoms with Crippen molar-refractivity contribution in [2.24, 2.45) is 0 Å². The van der Waals surface area contributed by atoms with E-state index in [2.05, 4.69) is 0 Å². The first-order valence-electron chi connectivity index (χ1n) is 5.20. The molecule has 0 fully saturated rings. The molecular weight excluding hydrogens is 226 g/mol. The molecule has 0 heterocycles. The molecule has 5 heteroatoms. The third-order valence-electron chi connectivity index (χ3n) is 2.36. The molecule has 0 aliphatic carbocycles. The van der Waals surface area contributed by atoms with Gasteiger partial charge in [-0.15, -0.1) is 0 Å². The van der Waals surface area contributed by atoms with Gasteiger partial charge in [0.2, 0.25) is 10.0 Å². The molecule has 0 atom stereocenters. The summed E-state index contributed by atoms with van der Waals surface area (Å²) in [4.78, 5) is 0. The van der Waals surface area contributed by atoms with Gasteiger partial charge in [0.15, 0.2) is 0 Å². The zero-order chi connectivity index (χ0) is 12.2. The lowest BCUT2D eigenvalue weighted by molar-refractivity contribution is 0.319. The molecule has 1 N–H and O–H groups in total. The van der Waals surface area contributed by atoms with Crippen LogP contribution in [0, 0.1) is 6.92 Å². The van der Waals surface area contributed by atoms with Crippen LogP contribution in [-0.4, -0.2) is 32.4 Å². The molecular formula is C11H17NO3S. The first-order chi connectivity index (χ1) is 7.53. The average molecular weight is 243 g/mol. The maximum Gasteiger partial charge on any atom is 0.237 e. The topological polar surface area (TPSA) is 57.6 Å². The minimum atomic E-state index is -3.41.